The number of aromatic amines is 1. The summed E-state index contributed by atoms with van der Waals surface area (Å²) in [5, 5.41) is 23.0. The number of ketones is 1. The molecule has 120 valence electrons. The molecule has 0 bridgehead atoms. The van der Waals surface area contributed by atoms with E-state index in [1.807, 2.05) is 0 Å². The van der Waals surface area contributed by atoms with Gasteiger partial charge < -0.3 is 15.2 Å². The van der Waals surface area contributed by atoms with Crippen LogP contribution in [0, 0.1) is 0 Å². The number of carbonyl (C=O) groups excluding carboxylic acids is 1. The third-order valence-corrected chi connectivity index (χ3v) is 4.55. The Kier molecular flexibility index (Phi) is 3.14. The van der Waals surface area contributed by atoms with Gasteiger partial charge in [-0.05, 0) is 25.1 Å². The zero-order chi connectivity index (χ0) is 16.8. The van der Waals surface area contributed by atoms with Crippen LogP contribution < -0.4 is 0 Å². The second kappa shape index (κ2) is 5.20. The first-order valence-electron chi connectivity index (χ1n) is 7.09. The number of aromatic hydroxyl groups is 2. The average molecular weight is 340 g/mol. The number of hydrogen-bond acceptors (Lipinski definition) is 6. The number of fused-ring (bicyclic) bond motifs is 1. The van der Waals surface area contributed by atoms with E-state index >= 15 is 0 Å². The summed E-state index contributed by atoms with van der Waals surface area (Å²) in [5.41, 5.74) is 2.54. The van der Waals surface area contributed by atoms with Gasteiger partial charge in [0.05, 0.1) is 34.3 Å². The molecule has 0 aliphatic rings. The van der Waals surface area contributed by atoms with Gasteiger partial charge in [0, 0.05) is 11.6 Å². The Bertz CT molecular complexity index is 1060. The predicted octanol–water partition coefficient (Wildman–Crippen LogP) is 3.09. The molecular weight excluding hydrogens is 328 g/mol. The molecule has 3 aromatic heterocycles. The van der Waals surface area contributed by atoms with Crippen LogP contribution in [-0.2, 0) is 0 Å². The topological polar surface area (TPSA) is 104 Å². The highest BCUT2D eigenvalue weighted by molar-refractivity contribution is 7.13. The van der Waals surface area contributed by atoms with Crippen molar-refractivity contribution in [3.8, 4) is 28.0 Å². The Morgan fingerprint density at radius 2 is 2.12 bits per heavy atom. The molecule has 8 heteroatoms. The van der Waals surface area contributed by atoms with Gasteiger partial charge in [0.2, 0.25) is 5.88 Å². The second-order valence-corrected chi connectivity index (χ2v) is 6.12. The fourth-order valence-electron chi connectivity index (χ4n) is 2.74. The largest absolute Gasteiger partial charge is 0.503 e. The van der Waals surface area contributed by atoms with Crippen molar-refractivity contribution in [2.75, 3.05) is 0 Å². The lowest BCUT2D eigenvalue weighted by Crippen LogP contribution is -2.00. The van der Waals surface area contributed by atoms with Crippen LogP contribution in [0.4, 0.5) is 0 Å². The SMILES string of the molecule is CC(=O)c1c(O)c(O)n(-c2ccc3nc[nH]c3c2)c1-c1nccs1. The molecule has 4 rings (SSSR count). The minimum absolute atomic E-state index is 0.0483. The standard InChI is InChI=1S/C16H12N4O3S/c1-8(21)12-13(15-17-4-5-24-15)20(16(23)14(12)22)9-2-3-10-11(6-9)19-7-18-10/h2-7,22-23H,1H3,(H,18,19). The van der Waals surface area contributed by atoms with Crippen LogP contribution in [0.5, 0.6) is 11.6 Å². The third kappa shape index (κ3) is 2.00. The van der Waals surface area contributed by atoms with Crippen LogP contribution in [0.25, 0.3) is 27.4 Å². The summed E-state index contributed by atoms with van der Waals surface area (Å²) in [5.74, 6) is -1.20. The van der Waals surface area contributed by atoms with Gasteiger partial charge in [-0.25, -0.2) is 9.97 Å². The number of Topliss-reactive ketones (excluding diaryl/α,β-unsaturated/α-hetero) is 1. The number of imidazole rings is 1. The molecule has 3 heterocycles. The predicted molar refractivity (Wildman–Crippen MR) is 89.9 cm³/mol. The minimum atomic E-state index is -0.447. The van der Waals surface area contributed by atoms with Crippen molar-refractivity contribution in [1.29, 1.82) is 0 Å². The van der Waals surface area contributed by atoms with E-state index in [0.29, 0.717) is 16.4 Å². The van der Waals surface area contributed by atoms with Crippen LogP contribution in [-0.4, -0.2) is 35.5 Å². The summed E-state index contributed by atoms with van der Waals surface area (Å²) >= 11 is 1.32. The summed E-state index contributed by atoms with van der Waals surface area (Å²) < 4.78 is 1.42. The minimum Gasteiger partial charge on any atom is -0.503 e. The smallest absolute Gasteiger partial charge is 0.240 e. The Hall–Kier alpha value is -3.13. The highest BCUT2D eigenvalue weighted by atomic mass is 32.1. The van der Waals surface area contributed by atoms with Gasteiger partial charge in [0.1, 0.15) is 5.01 Å². The number of rotatable bonds is 3. The Morgan fingerprint density at radius 3 is 2.83 bits per heavy atom. The summed E-state index contributed by atoms with van der Waals surface area (Å²) in [6.45, 7) is 1.34. The molecule has 0 atom stereocenters. The maximum Gasteiger partial charge on any atom is 0.240 e. The molecule has 0 radical (unpaired) electrons. The monoisotopic (exact) mass is 340 g/mol. The van der Waals surface area contributed by atoms with Gasteiger partial charge in [-0.2, -0.15) is 0 Å². The van der Waals surface area contributed by atoms with Crippen molar-refractivity contribution in [2.24, 2.45) is 0 Å². The number of hydrogen-bond donors (Lipinski definition) is 3. The summed E-state index contributed by atoms with van der Waals surface area (Å²) in [6, 6.07) is 5.32. The van der Waals surface area contributed by atoms with E-state index < -0.39 is 11.6 Å². The van der Waals surface area contributed by atoms with E-state index in [1.54, 1.807) is 36.1 Å². The molecule has 0 spiro atoms. The first-order valence-corrected chi connectivity index (χ1v) is 7.97. The van der Waals surface area contributed by atoms with Crippen molar-refractivity contribution in [2.45, 2.75) is 6.92 Å². The van der Waals surface area contributed by atoms with Gasteiger partial charge in [-0.3, -0.25) is 9.36 Å². The molecule has 0 saturated carbocycles. The molecule has 3 N–H and O–H groups in total. The normalized spacial score (nSPS) is 11.2. The van der Waals surface area contributed by atoms with Crippen LogP contribution in [0.3, 0.4) is 0 Å². The lowest BCUT2D eigenvalue weighted by molar-refractivity contribution is 0.101. The Morgan fingerprint density at radius 1 is 1.29 bits per heavy atom. The fourth-order valence-corrected chi connectivity index (χ4v) is 3.42. The number of benzene rings is 1. The molecule has 0 fully saturated rings. The molecule has 1 aromatic carbocycles. The summed E-state index contributed by atoms with van der Waals surface area (Å²) in [4.78, 5) is 23.4. The van der Waals surface area contributed by atoms with Crippen LogP contribution in [0.15, 0.2) is 36.1 Å². The zero-order valence-corrected chi connectivity index (χ0v) is 13.3. The quantitative estimate of drug-likeness (QED) is 0.497. The van der Waals surface area contributed by atoms with E-state index in [0.717, 1.165) is 11.0 Å². The number of nitrogens with zero attached hydrogens (tertiary/aromatic N) is 3. The van der Waals surface area contributed by atoms with Gasteiger partial charge in [0.25, 0.3) is 0 Å². The molecule has 0 aliphatic heterocycles. The van der Waals surface area contributed by atoms with E-state index in [9.17, 15) is 15.0 Å². The number of thiazole rings is 1. The third-order valence-electron chi connectivity index (χ3n) is 3.77. The lowest BCUT2D eigenvalue weighted by Gasteiger charge is -2.09. The number of carbonyl (C=O) groups is 1. The van der Waals surface area contributed by atoms with E-state index in [4.69, 9.17) is 0 Å². The highest BCUT2D eigenvalue weighted by Gasteiger charge is 2.28. The van der Waals surface area contributed by atoms with Gasteiger partial charge in [-0.15, -0.1) is 11.3 Å². The lowest BCUT2D eigenvalue weighted by atomic mass is 10.1. The van der Waals surface area contributed by atoms with Crippen molar-refractivity contribution in [3.63, 3.8) is 0 Å². The number of nitrogens with one attached hydrogen (secondary N) is 1. The summed E-state index contributed by atoms with van der Waals surface area (Å²) in [6.07, 6.45) is 3.18. The van der Waals surface area contributed by atoms with Crippen molar-refractivity contribution in [3.05, 3.63) is 41.7 Å². The summed E-state index contributed by atoms with van der Waals surface area (Å²) in [7, 11) is 0. The van der Waals surface area contributed by atoms with E-state index in [2.05, 4.69) is 15.0 Å². The first-order chi connectivity index (χ1) is 11.6. The maximum absolute atomic E-state index is 12.0. The number of aromatic nitrogens is 4. The van der Waals surface area contributed by atoms with Crippen LogP contribution in [0.1, 0.15) is 17.3 Å². The molecule has 0 aliphatic carbocycles. The second-order valence-electron chi connectivity index (χ2n) is 5.23. The molecular formula is C16H12N4O3S. The molecule has 0 unspecified atom stereocenters. The molecule has 0 amide bonds. The van der Waals surface area contributed by atoms with Crippen molar-refractivity contribution >= 4 is 28.2 Å². The van der Waals surface area contributed by atoms with E-state index in [1.165, 1.54) is 22.8 Å². The van der Waals surface area contributed by atoms with Gasteiger partial charge in [0.15, 0.2) is 11.5 Å². The Balaban J connectivity index is 2.07. The molecule has 7 nitrogen and oxygen atoms in total. The average Bonchev–Trinajstić information content (AvgIpc) is 3.27. The number of H-pyrrole nitrogens is 1. The maximum atomic E-state index is 12.0. The molecule has 0 saturated heterocycles. The molecule has 24 heavy (non-hydrogen) atoms. The molecule has 4 aromatic rings. The highest BCUT2D eigenvalue weighted by Crippen LogP contribution is 2.43. The van der Waals surface area contributed by atoms with Crippen molar-refractivity contribution < 1.29 is 15.0 Å². The van der Waals surface area contributed by atoms with Crippen molar-refractivity contribution in [1.82, 2.24) is 19.5 Å². The Labute approximate surface area is 139 Å². The zero-order valence-electron chi connectivity index (χ0n) is 12.5. The van der Waals surface area contributed by atoms with Crippen LogP contribution >= 0.6 is 11.3 Å². The van der Waals surface area contributed by atoms with Gasteiger partial charge >= 0.3 is 0 Å². The van der Waals surface area contributed by atoms with Crippen LogP contribution in [0.2, 0.25) is 0 Å². The van der Waals surface area contributed by atoms with E-state index in [-0.39, 0.29) is 11.3 Å². The fraction of sp³-hybridized carbons (Fsp3) is 0.0625. The van der Waals surface area contributed by atoms with Gasteiger partial charge in [-0.1, -0.05) is 0 Å². The first kappa shape index (κ1) is 14.5.